The summed E-state index contributed by atoms with van der Waals surface area (Å²) < 4.78 is 5.07. The fraction of sp³-hybridized carbons (Fsp3) is 0.917. The molecule has 1 aliphatic heterocycles. The molecule has 0 aromatic carbocycles. The predicted molar refractivity (Wildman–Crippen MR) is 60.5 cm³/mol. The number of hydrogen-bond acceptors (Lipinski definition) is 3. The van der Waals surface area contributed by atoms with Crippen molar-refractivity contribution < 1.29 is 14.6 Å². The Morgan fingerprint density at radius 3 is 2.44 bits per heavy atom. The first-order valence-corrected chi connectivity index (χ1v) is 5.98. The molecular weight excluding hydrogens is 206 g/mol. The first-order chi connectivity index (χ1) is 7.38. The van der Waals surface area contributed by atoms with Gasteiger partial charge in [-0.1, -0.05) is 0 Å². The van der Waals surface area contributed by atoms with E-state index in [1.807, 2.05) is 0 Å². The Bertz CT molecular complexity index is 229. The highest BCUT2D eigenvalue weighted by molar-refractivity contribution is 5.74. The molecule has 0 aromatic rings. The summed E-state index contributed by atoms with van der Waals surface area (Å²) in [6, 6.07) is 0. The molecule has 16 heavy (non-hydrogen) atoms. The van der Waals surface area contributed by atoms with Crippen LogP contribution in [0.25, 0.3) is 0 Å². The highest BCUT2D eigenvalue weighted by Crippen LogP contribution is 2.20. The normalized spacial score (nSPS) is 20.5. The van der Waals surface area contributed by atoms with Gasteiger partial charge in [0, 0.05) is 0 Å². The summed E-state index contributed by atoms with van der Waals surface area (Å²) >= 11 is 0. The second kappa shape index (κ2) is 5.64. The zero-order chi connectivity index (χ0) is 12.2. The van der Waals surface area contributed by atoms with Gasteiger partial charge in [-0.05, 0) is 59.0 Å². The van der Waals surface area contributed by atoms with E-state index in [0.717, 1.165) is 25.9 Å². The van der Waals surface area contributed by atoms with Crippen LogP contribution in [0.5, 0.6) is 0 Å². The van der Waals surface area contributed by atoms with E-state index in [1.165, 1.54) is 0 Å². The van der Waals surface area contributed by atoms with E-state index in [2.05, 4.69) is 5.32 Å². The van der Waals surface area contributed by atoms with E-state index >= 15 is 0 Å². The van der Waals surface area contributed by atoms with Crippen LogP contribution in [0.4, 0.5) is 0 Å². The fourth-order valence-corrected chi connectivity index (χ4v) is 1.88. The Hall–Kier alpha value is -0.610. The number of ether oxygens (including phenoxy) is 1. The Kier molecular flexibility index (Phi) is 4.74. The maximum Gasteiger partial charge on any atom is 0.339 e. The molecule has 0 amide bonds. The minimum atomic E-state index is -1.22. The van der Waals surface area contributed by atoms with Gasteiger partial charge in [0.25, 0.3) is 0 Å². The zero-order valence-corrected chi connectivity index (χ0v) is 10.4. The van der Waals surface area contributed by atoms with Gasteiger partial charge in [-0.15, -0.1) is 0 Å². The quantitative estimate of drug-likeness (QED) is 0.745. The molecule has 1 saturated heterocycles. The number of carbonyl (C=O) groups is 1. The summed E-state index contributed by atoms with van der Waals surface area (Å²) in [5.41, 5.74) is -0.562. The standard InChI is InChI=1S/C12H22NO3/c1-12(2,3)16-11(15)10(14)8-9-4-6-13-7-5-9/h9-10,13H,4-8H2,1-3H3. The topological polar surface area (TPSA) is 58.2 Å². The van der Waals surface area contributed by atoms with E-state index in [9.17, 15) is 9.90 Å². The van der Waals surface area contributed by atoms with Gasteiger partial charge in [0.1, 0.15) is 5.60 Å². The monoisotopic (exact) mass is 228 g/mol. The maximum absolute atomic E-state index is 11.7. The summed E-state index contributed by atoms with van der Waals surface area (Å²) in [5, 5.41) is 14.9. The average molecular weight is 228 g/mol. The lowest BCUT2D eigenvalue weighted by molar-refractivity contribution is -0.170. The molecular formula is C12H22NO3. The molecule has 1 aliphatic rings. The van der Waals surface area contributed by atoms with E-state index in [0.29, 0.717) is 12.3 Å². The number of esters is 1. The van der Waals surface area contributed by atoms with Gasteiger partial charge < -0.3 is 10.1 Å². The maximum atomic E-state index is 11.7. The van der Waals surface area contributed by atoms with Crippen LogP contribution in [0, 0.1) is 5.92 Å². The molecule has 0 aliphatic carbocycles. The summed E-state index contributed by atoms with van der Waals surface area (Å²) in [6.07, 6.45) is 1.17. The van der Waals surface area contributed by atoms with E-state index in [4.69, 9.17) is 4.74 Å². The lowest BCUT2D eigenvalue weighted by Gasteiger charge is -2.25. The summed E-state index contributed by atoms with van der Waals surface area (Å²) in [5.74, 6) is -0.234. The van der Waals surface area contributed by atoms with Crippen LogP contribution in [0.1, 0.15) is 40.0 Å². The minimum absolute atomic E-state index is 0.372. The zero-order valence-electron chi connectivity index (χ0n) is 10.4. The lowest BCUT2D eigenvalue weighted by atomic mass is 9.92. The molecule has 1 radical (unpaired) electrons. The van der Waals surface area contributed by atoms with Crippen molar-refractivity contribution in [2.75, 3.05) is 13.1 Å². The van der Waals surface area contributed by atoms with Gasteiger partial charge in [-0.25, -0.2) is 9.90 Å². The molecule has 0 spiro atoms. The van der Waals surface area contributed by atoms with Crippen LogP contribution >= 0.6 is 0 Å². The molecule has 1 heterocycles. The fourth-order valence-electron chi connectivity index (χ4n) is 1.88. The smallest absolute Gasteiger partial charge is 0.339 e. The van der Waals surface area contributed by atoms with E-state index in [1.54, 1.807) is 20.8 Å². The van der Waals surface area contributed by atoms with Crippen LogP contribution in [0.15, 0.2) is 0 Å². The van der Waals surface area contributed by atoms with Crippen molar-refractivity contribution in [2.45, 2.75) is 51.7 Å². The minimum Gasteiger partial charge on any atom is -0.458 e. The van der Waals surface area contributed by atoms with Gasteiger partial charge in [-0.3, -0.25) is 0 Å². The highest BCUT2D eigenvalue weighted by atomic mass is 16.6. The molecule has 4 nitrogen and oxygen atoms in total. The lowest BCUT2D eigenvalue weighted by Crippen LogP contribution is -2.35. The molecule has 1 fully saturated rings. The number of carbonyl (C=O) groups excluding carboxylic acids is 1. The second-order valence-electron chi connectivity index (χ2n) is 5.45. The second-order valence-corrected chi connectivity index (χ2v) is 5.45. The molecule has 93 valence electrons. The SMILES string of the molecule is CC(C)(C)OC(=O)C([O])CC1CCNCC1. The number of nitrogens with one attached hydrogen (secondary N) is 1. The van der Waals surface area contributed by atoms with Crippen molar-refractivity contribution in [3.63, 3.8) is 0 Å². The van der Waals surface area contributed by atoms with Gasteiger partial charge in [-0.2, -0.15) is 0 Å². The van der Waals surface area contributed by atoms with Crippen molar-refractivity contribution in [3.8, 4) is 0 Å². The molecule has 1 rings (SSSR count). The van der Waals surface area contributed by atoms with Crippen LogP contribution in [0.2, 0.25) is 0 Å². The molecule has 0 saturated carbocycles. The van der Waals surface area contributed by atoms with Crippen molar-refractivity contribution >= 4 is 5.97 Å². The number of rotatable bonds is 3. The molecule has 0 aromatic heterocycles. The van der Waals surface area contributed by atoms with Crippen LogP contribution in [0.3, 0.4) is 0 Å². The highest BCUT2D eigenvalue weighted by Gasteiger charge is 2.27. The number of piperidine rings is 1. The average Bonchev–Trinajstić information content (AvgIpc) is 2.16. The Labute approximate surface area is 97.4 Å². The Morgan fingerprint density at radius 2 is 1.94 bits per heavy atom. The van der Waals surface area contributed by atoms with Gasteiger partial charge in [0.2, 0.25) is 0 Å². The molecule has 1 unspecified atom stereocenters. The molecule has 1 N–H and O–H groups in total. The predicted octanol–water partition coefficient (Wildman–Crippen LogP) is 1.52. The third-order valence-corrected chi connectivity index (χ3v) is 2.68. The van der Waals surface area contributed by atoms with Crippen LogP contribution in [-0.4, -0.2) is 30.8 Å². The Balaban J connectivity index is 2.33. The van der Waals surface area contributed by atoms with E-state index < -0.39 is 17.7 Å². The van der Waals surface area contributed by atoms with Crippen LogP contribution in [-0.2, 0) is 14.6 Å². The van der Waals surface area contributed by atoms with Crippen molar-refractivity contribution in [1.82, 2.24) is 5.32 Å². The first kappa shape index (κ1) is 13.5. The summed E-state index contributed by atoms with van der Waals surface area (Å²) in [6.45, 7) is 7.24. The van der Waals surface area contributed by atoms with E-state index in [-0.39, 0.29) is 0 Å². The third kappa shape index (κ3) is 4.94. The van der Waals surface area contributed by atoms with Crippen molar-refractivity contribution in [2.24, 2.45) is 5.92 Å². The molecule has 1 atom stereocenters. The molecule has 0 bridgehead atoms. The third-order valence-electron chi connectivity index (χ3n) is 2.68. The molecule has 4 heteroatoms. The Morgan fingerprint density at radius 1 is 1.38 bits per heavy atom. The summed E-state index contributed by atoms with van der Waals surface area (Å²) in [7, 11) is 0. The van der Waals surface area contributed by atoms with Crippen molar-refractivity contribution in [1.29, 1.82) is 0 Å². The summed E-state index contributed by atoms with van der Waals surface area (Å²) in [4.78, 5) is 11.5. The van der Waals surface area contributed by atoms with Crippen LogP contribution < -0.4 is 5.32 Å². The van der Waals surface area contributed by atoms with Gasteiger partial charge >= 0.3 is 5.97 Å². The van der Waals surface area contributed by atoms with Gasteiger partial charge in [0.15, 0.2) is 6.10 Å². The largest absolute Gasteiger partial charge is 0.458 e. The van der Waals surface area contributed by atoms with Gasteiger partial charge in [0.05, 0.1) is 0 Å². The first-order valence-electron chi connectivity index (χ1n) is 5.98. The van der Waals surface area contributed by atoms with Crippen molar-refractivity contribution in [3.05, 3.63) is 0 Å². The number of hydrogen-bond donors (Lipinski definition) is 1.